The fraction of sp³-hybridized carbons (Fsp3) is 0.583. The largest absolute Gasteiger partial charge is 0.395 e. The van der Waals surface area contributed by atoms with E-state index in [9.17, 15) is 4.79 Å². The highest BCUT2D eigenvalue weighted by Crippen LogP contribution is 2.25. The lowest BCUT2D eigenvalue weighted by atomic mass is 10.2. The number of H-pyrrole nitrogens is 1. The van der Waals surface area contributed by atoms with Gasteiger partial charge < -0.3 is 15.0 Å². The highest BCUT2D eigenvalue weighted by molar-refractivity contribution is 6.30. The predicted octanol–water partition coefficient (Wildman–Crippen LogP) is 2.05. The van der Waals surface area contributed by atoms with Crippen molar-refractivity contribution in [3.8, 4) is 0 Å². The molecule has 1 heterocycles. The number of amides is 1. The van der Waals surface area contributed by atoms with Crippen LogP contribution in [0.4, 0.5) is 0 Å². The van der Waals surface area contributed by atoms with E-state index in [1.54, 1.807) is 17.2 Å². The lowest BCUT2D eigenvalue weighted by Gasteiger charge is -2.27. The summed E-state index contributed by atoms with van der Waals surface area (Å²) in [6.07, 6.45) is 5.97. The van der Waals surface area contributed by atoms with Crippen molar-refractivity contribution in [3.05, 3.63) is 23.0 Å². The number of rotatable bonds is 4. The second-order valence-corrected chi connectivity index (χ2v) is 4.83. The number of nitrogens with zero attached hydrogens (tertiary/aromatic N) is 1. The van der Waals surface area contributed by atoms with Gasteiger partial charge in [-0.3, -0.25) is 4.79 Å². The van der Waals surface area contributed by atoms with Crippen LogP contribution in [0.1, 0.15) is 36.2 Å². The van der Waals surface area contributed by atoms with Crippen molar-refractivity contribution in [1.29, 1.82) is 0 Å². The summed E-state index contributed by atoms with van der Waals surface area (Å²) in [4.78, 5) is 16.9. The third-order valence-corrected chi connectivity index (χ3v) is 3.46. The zero-order valence-corrected chi connectivity index (χ0v) is 10.4. The number of nitrogens with one attached hydrogen (secondary N) is 1. The van der Waals surface area contributed by atoms with E-state index in [4.69, 9.17) is 16.7 Å². The molecule has 1 amide bonds. The van der Waals surface area contributed by atoms with E-state index in [1.807, 2.05) is 0 Å². The summed E-state index contributed by atoms with van der Waals surface area (Å²) in [5.41, 5.74) is 0.496. The van der Waals surface area contributed by atoms with Gasteiger partial charge in [-0.1, -0.05) is 24.4 Å². The molecule has 1 fully saturated rings. The maximum atomic E-state index is 12.3. The molecule has 1 aliphatic carbocycles. The van der Waals surface area contributed by atoms with Crippen LogP contribution in [0.15, 0.2) is 12.3 Å². The van der Waals surface area contributed by atoms with Crippen molar-refractivity contribution in [2.45, 2.75) is 31.7 Å². The molecule has 0 aliphatic heterocycles. The summed E-state index contributed by atoms with van der Waals surface area (Å²) in [5, 5.41) is 9.60. The van der Waals surface area contributed by atoms with E-state index in [1.165, 1.54) is 0 Å². The van der Waals surface area contributed by atoms with Crippen LogP contribution in [0, 0.1) is 0 Å². The van der Waals surface area contributed by atoms with Crippen molar-refractivity contribution < 1.29 is 9.90 Å². The Labute approximate surface area is 106 Å². The Balaban J connectivity index is 2.12. The van der Waals surface area contributed by atoms with E-state index in [0.29, 0.717) is 17.3 Å². The number of halogens is 1. The first kappa shape index (κ1) is 12.5. The van der Waals surface area contributed by atoms with Crippen LogP contribution in [-0.4, -0.2) is 40.1 Å². The molecule has 0 spiro atoms. The Kier molecular flexibility index (Phi) is 4.07. The van der Waals surface area contributed by atoms with Crippen LogP contribution in [0.3, 0.4) is 0 Å². The van der Waals surface area contributed by atoms with Gasteiger partial charge in [0.25, 0.3) is 5.91 Å². The van der Waals surface area contributed by atoms with Gasteiger partial charge in [-0.2, -0.15) is 0 Å². The molecule has 4 nitrogen and oxygen atoms in total. The van der Waals surface area contributed by atoms with Gasteiger partial charge in [0.2, 0.25) is 0 Å². The molecular weight excluding hydrogens is 240 g/mol. The Morgan fingerprint density at radius 3 is 2.76 bits per heavy atom. The number of aromatic amines is 1. The molecular formula is C12H17ClN2O2. The van der Waals surface area contributed by atoms with Gasteiger partial charge in [0.1, 0.15) is 5.69 Å². The molecule has 1 saturated carbocycles. The molecule has 94 valence electrons. The first-order chi connectivity index (χ1) is 8.22. The third-order valence-electron chi connectivity index (χ3n) is 3.25. The molecule has 1 aliphatic rings. The van der Waals surface area contributed by atoms with Crippen LogP contribution >= 0.6 is 11.6 Å². The van der Waals surface area contributed by atoms with Crippen molar-refractivity contribution in [2.24, 2.45) is 0 Å². The van der Waals surface area contributed by atoms with Gasteiger partial charge in [-0.05, 0) is 18.9 Å². The average Bonchev–Trinajstić information content (AvgIpc) is 2.95. The van der Waals surface area contributed by atoms with E-state index in [-0.39, 0.29) is 18.6 Å². The lowest BCUT2D eigenvalue weighted by molar-refractivity contribution is 0.0633. The van der Waals surface area contributed by atoms with E-state index in [0.717, 1.165) is 25.7 Å². The summed E-state index contributed by atoms with van der Waals surface area (Å²) in [6.45, 7) is 0.386. The van der Waals surface area contributed by atoms with Crippen LogP contribution in [0.5, 0.6) is 0 Å². The molecule has 1 aromatic rings. The molecule has 2 N–H and O–H groups in total. The standard InChI is InChI=1S/C12H17ClN2O2/c13-9-7-11(14-8-9)12(17)15(5-6-16)10-3-1-2-4-10/h7-8,10,14,16H,1-6H2. The molecule has 0 bridgehead atoms. The minimum Gasteiger partial charge on any atom is -0.395 e. The van der Waals surface area contributed by atoms with Crippen molar-refractivity contribution in [3.63, 3.8) is 0 Å². The van der Waals surface area contributed by atoms with Gasteiger partial charge in [0.05, 0.1) is 11.6 Å². The lowest BCUT2D eigenvalue weighted by Crippen LogP contribution is -2.40. The molecule has 5 heteroatoms. The van der Waals surface area contributed by atoms with E-state index in [2.05, 4.69) is 4.98 Å². The third kappa shape index (κ3) is 2.82. The van der Waals surface area contributed by atoms with E-state index >= 15 is 0 Å². The Morgan fingerprint density at radius 2 is 2.24 bits per heavy atom. The van der Waals surface area contributed by atoms with Gasteiger partial charge >= 0.3 is 0 Å². The monoisotopic (exact) mass is 256 g/mol. The topological polar surface area (TPSA) is 56.3 Å². The first-order valence-corrected chi connectivity index (χ1v) is 6.36. The van der Waals surface area contributed by atoms with Gasteiger partial charge in [0.15, 0.2) is 0 Å². The van der Waals surface area contributed by atoms with E-state index < -0.39 is 0 Å². The smallest absolute Gasteiger partial charge is 0.270 e. The fourth-order valence-electron chi connectivity index (χ4n) is 2.42. The van der Waals surface area contributed by atoms with Gasteiger partial charge in [-0.25, -0.2) is 0 Å². The SMILES string of the molecule is O=C(c1cc(Cl)c[nH]1)N(CCO)C1CCCC1. The molecule has 0 saturated heterocycles. The minimum atomic E-state index is -0.0714. The number of hydrogen-bond acceptors (Lipinski definition) is 2. The number of aromatic nitrogens is 1. The molecule has 17 heavy (non-hydrogen) atoms. The Morgan fingerprint density at radius 1 is 1.53 bits per heavy atom. The molecule has 0 unspecified atom stereocenters. The summed E-state index contributed by atoms with van der Waals surface area (Å²) in [6, 6.07) is 1.89. The summed E-state index contributed by atoms with van der Waals surface area (Å²) in [7, 11) is 0. The van der Waals surface area contributed by atoms with Crippen molar-refractivity contribution in [2.75, 3.05) is 13.2 Å². The van der Waals surface area contributed by atoms with Gasteiger partial charge in [0, 0.05) is 18.8 Å². The molecule has 0 radical (unpaired) electrons. The first-order valence-electron chi connectivity index (χ1n) is 5.98. The van der Waals surface area contributed by atoms with Crippen LogP contribution < -0.4 is 0 Å². The maximum Gasteiger partial charge on any atom is 0.270 e. The second-order valence-electron chi connectivity index (χ2n) is 4.39. The van der Waals surface area contributed by atoms with Crippen LogP contribution in [0.25, 0.3) is 0 Å². The number of carbonyl (C=O) groups is 1. The van der Waals surface area contributed by atoms with Crippen LogP contribution in [0.2, 0.25) is 5.02 Å². The quantitative estimate of drug-likeness (QED) is 0.866. The zero-order chi connectivity index (χ0) is 12.3. The molecule has 1 aromatic heterocycles. The average molecular weight is 257 g/mol. The Bertz CT molecular complexity index is 386. The number of aliphatic hydroxyl groups excluding tert-OH is 1. The molecule has 0 atom stereocenters. The fourth-order valence-corrected chi connectivity index (χ4v) is 2.58. The number of aliphatic hydroxyl groups is 1. The molecule has 2 rings (SSSR count). The predicted molar refractivity (Wildman–Crippen MR) is 66.2 cm³/mol. The Hall–Kier alpha value is -1.00. The normalized spacial score (nSPS) is 16.4. The number of hydrogen-bond donors (Lipinski definition) is 2. The summed E-state index contributed by atoms with van der Waals surface area (Å²) in [5.74, 6) is -0.0714. The van der Waals surface area contributed by atoms with Gasteiger partial charge in [-0.15, -0.1) is 0 Å². The highest BCUT2D eigenvalue weighted by Gasteiger charge is 2.27. The summed E-state index contributed by atoms with van der Waals surface area (Å²) >= 11 is 5.79. The van der Waals surface area contributed by atoms with Crippen LogP contribution in [-0.2, 0) is 0 Å². The molecule has 0 aromatic carbocycles. The highest BCUT2D eigenvalue weighted by atomic mass is 35.5. The maximum absolute atomic E-state index is 12.3. The minimum absolute atomic E-state index is 0.00329. The zero-order valence-electron chi connectivity index (χ0n) is 9.66. The van der Waals surface area contributed by atoms with Crippen molar-refractivity contribution >= 4 is 17.5 Å². The van der Waals surface area contributed by atoms with Crippen molar-refractivity contribution in [1.82, 2.24) is 9.88 Å². The summed E-state index contributed by atoms with van der Waals surface area (Å²) < 4.78 is 0. The number of carbonyl (C=O) groups excluding carboxylic acids is 1. The second kappa shape index (κ2) is 5.56.